The van der Waals surface area contributed by atoms with Gasteiger partial charge < -0.3 is 5.32 Å². The molecule has 2 heterocycles. The van der Waals surface area contributed by atoms with E-state index in [0.29, 0.717) is 12.1 Å². The monoisotopic (exact) mass is 358 g/mol. The number of halogens is 1. The van der Waals surface area contributed by atoms with Crippen LogP contribution in [-0.2, 0) is 6.42 Å². The van der Waals surface area contributed by atoms with Crippen molar-refractivity contribution in [3.63, 3.8) is 0 Å². The van der Waals surface area contributed by atoms with Crippen LogP contribution in [0.5, 0.6) is 0 Å². The van der Waals surface area contributed by atoms with Crippen molar-refractivity contribution in [2.75, 3.05) is 19.6 Å². The van der Waals surface area contributed by atoms with Gasteiger partial charge in [0.25, 0.3) is 0 Å². The van der Waals surface area contributed by atoms with E-state index in [9.17, 15) is 0 Å². The molecule has 0 amide bonds. The van der Waals surface area contributed by atoms with Crippen LogP contribution in [0.2, 0.25) is 0 Å². The molecule has 0 aliphatic carbocycles. The van der Waals surface area contributed by atoms with Gasteiger partial charge in [-0.05, 0) is 73.3 Å². The van der Waals surface area contributed by atoms with Gasteiger partial charge in [-0.1, -0.05) is 13.8 Å². The Hall–Kier alpha value is 0.1000. The predicted octanol–water partition coefficient (Wildman–Crippen LogP) is 4.15. The predicted molar refractivity (Wildman–Crippen MR) is 92.6 cm³/mol. The van der Waals surface area contributed by atoms with Crippen molar-refractivity contribution in [1.82, 2.24) is 10.2 Å². The summed E-state index contributed by atoms with van der Waals surface area (Å²) >= 11 is 5.42. The third-order valence-corrected chi connectivity index (χ3v) is 6.31. The Bertz CT molecular complexity index is 407. The lowest BCUT2D eigenvalue weighted by Crippen LogP contribution is -2.53. The Morgan fingerprint density at radius 3 is 2.85 bits per heavy atom. The highest BCUT2D eigenvalue weighted by molar-refractivity contribution is 9.11. The van der Waals surface area contributed by atoms with Crippen LogP contribution < -0.4 is 5.32 Å². The summed E-state index contributed by atoms with van der Waals surface area (Å²) in [4.78, 5) is 4.16. The molecular formula is C16H27BrN2S. The third-order valence-electron chi connectivity index (χ3n) is 4.63. The van der Waals surface area contributed by atoms with Crippen molar-refractivity contribution in [3.8, 4) is 0 Å². The van der Waals surface area contributed by atoms with Crippen LogP contribution in [0.1, 0.15) is 38.5 Å². The summed E-state index contributed by atoms with van der Waals surface area (Å²) in [5.41, 5.74) is 0. The number of rotatable bonds is 6. The quantitative estimate of drug-likeness (QED) is 0.821. The number of hydrogen-bond acceptors (Lipinski definition) is 3. The van der Waals surface area contributed by atoms with Crippen LogP contribution in [0, 0.1) is 5.92 Å². The zero-order valence-electron chi connectivity index (χ0n) is 12.9. The Balaban J connectivity index is 1.82. The van der Waals surface area contributed by atoms with Gasteiger partial charge in [0, 0.05) is 23.5 Å². The second-order valence-electron chi connectivity index (χ2n) is 5.94. The smallest absolute Gasteiger partial charge is 0.0701 e. The minimum absolute atomic E-state index is 0.682. The molecule has 4 heteroatoms. The highest BCUT2D eigenvalue weighted by Crippen LogP contribution is 2.26. The van der Waals surface area contributed by atoms with E-state index in [-0.39, 0.29) is 0 Å². The molecule has 1 aliphatic rings. The lowest BCUT2D eigenvalue weighted by molar-refractivity contribution is 0.0863. The highest BCUT2D eigenvalue weighted by Gasteiger charge is 2.31. The first-order valence-electron chi connectivity index (χ1n) is 7.83. The van der Waals surface area contributed by atoms with Gasteiger partial charge >= 0.3 is 0 Å². The minimum atomic E-state index is 0.682. The van der Waals surface area contributed by atoms with Crippen molar-refractivity contribution < 1.29 is 0 Å². The molecule has 1 N–H and O–H groups in total. The summed E-state index contributed by atoms with van der Waals surface area (Å²) in [6, 6.07) is 5.80. The molecule has 1 aromatic rings. The molecule has 3 atom stereocenters. The largest absolute Gasteiger partial charge is 0.314 e. The van der Waals surface area contributed by atoms with Crippen LogP contribution in [0.4, 0.5) is 0 Å². The molecule has 1 fully saturated rings. The van der Waals surface area contributed by atoms with Crippen LogP contribution in [0.25, 0.3) is 0 Å². The summed E-state index contributed by atoms with van der Waals surface area (Å²) in [7, 11) is 0. The molecule has 1 aromatic heterocycles. The second kappa shape index (κ2) is 7.92. The fraction of sp³-hybridized carbons (Fsp3) is 0.750. The molecule has 1 saturated heterocycles. The van der Waals surface area contributed by atoms with E-state index in [2.05, 4.69) is 59.1 Å². The molecule has 2 nitrogen and oxygen atoms in total. The first-order valence-corrected chi connectivity index (χ1v) is 9.44. The second-order valence-corrected chi connectivity index (χ2v) is 8.49. The molecule has 0 spiro atoms. The van der Waals surface area contributed by atoms with E-state index in [0.717, 1.165) is 12.5 Å². The summed E-state index contributed by atoms with van der Waals surface area (Å²) in [6.45, 7) is 10.6. The number of piperidine rings is 1. The normalized spacial score (nSPS) is 27.9. The van der Waals surface area contributed by atoms with Gasteiger partial charge in [0.05, 0.1) is 3.79 Å². The minimum Gasteiger partial charge on any atom is -0.314 e. The number of nitrogens with zero attached hydrogens (tertiary/aromatic N) is 1. The van der Waals surface area contributed by atoms with Crippen molar-refractivity contribution in [2.24, 2.45) is 5.92 Å². The molecule has 1 aliphatic heterocycles. The van der Waals surface area contributed by atoms with Crippen molar-refractivity contribution in [3.05, 3.63) is 20.8 Å². The molecule has 3 unspecified atom stereocenters. The first-order chi connectivity index (χ1) is 9.61. The number of likely N-dealkylation sites (tertiary alicyclic amines) is 1. The Labute approximate surface area is 136 Å². The van der Waals surface area contributed by atoms with Crippen molar-refractivity contribution in [2.45, 2.75) is 52.1 Å². The highest BCUT2D eigenvalue weighted by atomic mass is 79.9. The van der Waals surface area contributed by atoms with Gasteiger partial charge in [-0.15, -0.1) is 11.3 Å². The molecule has 114 valence electrons. The Morgan fingerprint density at radius 1 is 1.40 bits per heavy atom. The number of thiophene rings is 1. The van der Waals surface area contributed by atoms with Gasteiger partial charge in [-0.25, -0.2) is 0 Å². The summed E-state index contributed by atoms with van der Waals surface area (Å²) in [5.74, 6) is 0.741. The van der Waals surface area contributed by atoms with Gasteiger partial charge in [0.1, 0.15) is 0 Å². The van der Waals surface area contributed by atoms with Gasteiger partial charge in [-0.2, -0.15) is 0 Å². The molecule has 20 heavy (non-hydrogen) atoms. The molecule has 0 aromatic carbocycles. The van der Waals surface area contributed by atoms with Crippen molar-refractivity contribution in [1.29, 1.82) is 0 Å². The van der Waals surface area contributed by atoms with E-state index >= 15 is 0 Å². The van der Waals surface area contributed by atoms with Gasteiger partial charge in [0.15, 0.2) is 0 Å². The maximum Gasteiger partial charge on any atom is 0.0701 e. The van der Waals surface area contributed by atoms with Crippen LogP contribution in [0.3, 0.4) is 0 Å². The molecular weight excluding hydrogens is 332 g/mol. The molecule has 0 saturated carbocycles. The van der Waals surface area contributed by atoms with Crippen LogP contribution >= 0.6 is 27.3 Å². The Morgan fingerprint density at radius 2 is 2.20 bits per heavy atom. The number of hydrogen-bond donors (Lipinski definition) is 1. The van der Waals surface area contributed by atoms with Gasteiger partial charge in [-0.3, -0.25) is 4.90 Å². The van der Waals surface area contributed by atoms with E-state index in [1.807, 2.05) is 11.3 Å². The molecule has 0 radical (unpaired) electrons. The molecule has 2 rings (SSSR count). The average Bonchev–Trinajstić information content (AvgIpc) is 2.85. The van der Waals surface area contributed by atoms with E-state index in [1.54, 1.807) is 0 Å². The summed E-state index contributed by atoms with van der Waals surface area (Å²) in [6.07, 6.45) is 3.70. The lowest BCUT2D eigenvalue weighted by atomic mass is 9.87. The SMILES string of the molecule is CCCNC1CCN(CCc2ccc(Br)s2)C(C)C1C. The fourth-order valence-electron chi connectivity index (χ4n) is 3.11. The fourth-order valence-corrected chi connectivity index (χ4v) is 4.59. The first kappa shape index (κ1) is 16.5. The van der Waals surface area contributed by atoms with E-state index in [4.69, 9.17) is 0 Å². The zero-order chi connectivity index (χ0) is 14.5. The van der Waals surface area contributed by atoms with Crippen LogP contribution in [-0.4, -0.2) is 36.6 Å². The third kappa shape index (κ3) is 4.30. The van der Waals surface area contributed by atoms with E-state index < -0.39 is 0 Å². The summed E-state index contributed by atoms with van der Waals surface area (Å²) < 4.78 is 1.25. The van der Waals surface area contributed by atoms with Crippen molar-refractivity contribution >= 4 is 27.3 Å². The number of nitrogens with one attached hydrogen (secondary N) is 1. The summed E-state index contributed by atoms with van der Waals surface area (Å²) in [5, 5.41) is 3.72. The lowest BCUT2D eigenvalue weighted by Gasteiger charge is -2.43. The zero-order valence-corrected chi connectivity index (χ0v) is 15.3. The standard InChI is InChI=1S/C16H27BrN2S/c1-4-9-18-15-8-11-19(13(3)12(15)2)10-7-14-5-6-16(17)20-14/h5-6,12-13,15,18H,4,7-11H2,1-3H3. The molecule has 0 bridgehead atoms. The van der Waals surface area contributed by atoms with E-state index in [1.165, 1.54) is 41.0 Å². The Kier molecular flexibility index (Phi) is 6.53. The maximum absolute atomic E-state index is 3.72. The topological polar surface area (TPSA) is 15.3 Å². The van der Waals surface area contributed by atoms with Gasteiger partial charge in [0.2, 0.25) is 0 Å². The van der Waals surface area contributed by atoms with Crippen LogP contribution in [0.15, 0.2) is 15.9 Å². The maximum atomic E-state index is 3.72. The average molecular weight is 359 g/mol.